The Morgan fingerprint density at radius 2 is 1.93 bits per heavy atom. The summed E-state index contributed by atoms with van der Waals surface area (Å²) in [4.78, 5) is 20.4. The van der Waals surface area contributed by atoms with Crippen LogP contribution < -0.4 is 10.1 Å². The lowest BCUT2D eigenvalue weighted by Gasteiger charge is -2.04. The molecule has 9 heteroatoms. The zero-order valence-corrected chi connectivity index (χ0v) is 16.4. The molecule has 1 N–H and O–H groups in total. The zero-order chi connectivity index (χ0) is 20.8. The van der Waals surface area contributed by atoms with E-state index in [0.29, 0.717) is 24.7 Å². The number of benzene rings is 1. The normalized spacial score (nSPS) is 10.7. The van der Waals surface area contributed by atoms with Crippen LogP contribution in [0.3, 0.4) is 0 Å². The van der Waals surface area contributed by atoms with E-state index in [2.05, 4.69) is 25.5 Å². The van der Waals surface area contributed by atoms with Gasteiger partial charge in [0.05, 0.1) is 25.0 Å². The average molecular weight is 404 g/mol. The van der Waals surface area contributed by atoms with Crippen molar-refractivity contribution < 1.29 is 14.1 Å². The summed E-state index contributed by atoms with van der Waals surface area (Å²) in [6, 6.07) is 13.0. The average Bonchev–Trinajstić information content (AvgIpc) is 3.47. The molecule has 0 atom stereocenters. The molecule has 4 rings (SSSR count). The van der Waals surface area contributed by atoms with E-state index < -0.39 is 0 Å². The van der Waals surface area contributed by atoms with Crippen molar-refractivity contribution in [3.63, 3.8) is 0 Å². The second-order valence-corrected chi connectivity index (χ2v) is 6.47. The molecule has 3 heterocycles. The maximum absolute atomic E-state index is 12.2. The van der Waals surface area contributed by atoms with Crippen molar-refractivity contribution in [3.8, 4) is 22.8 Å². The van der Waals surface area contributed by atoms with Gasteiger partial charge in [0.15, 0.2) is 0 Å². The molecule has 1 aromatic carbocycles. The topological polar surface area (TPSA) is 108 Å². The largest absolute Gasteiger partial charge is 0.497 e. The molecule has 0 aliphatic carbocycles. The van der Waals surface area contributed by atoms with Crippen molar-refractivity contribution in [2.45, 2.75) is 19.4 Å². The first-order valence-corrected chi connectivity index (χ1v) is 9.40. The predicted molar refractivity (Wildman–Crippen MR) is 108 cm³/mol. The first kappa shape index (κ1) is 19.3. The summed E-state index contributed by atoms with van der Waals surface area (Å²) in [5, 5.41) is 11.3. The first-order chi connectivity index (χ1) is 14.7. The van der Waals surface area contributed by atoms with Crippen molar-refractivity contribution >= 4 is 5.91 Å². The molecular formula is C21H20N6O3. The number of hydrogen-bond donors (Lipinski definition) is 1. The summed E-state index contributed by atoms with van der Waals surface area (Å²) < 4.78 is 12.1. The predicted octanol–water partition coefficient (Wildman–Crippen LogP) is 2.57. The molecule has 0 saturated carbocycles. The molecule has 0 spiro atoms. The number of amides is 1. The van der Waals surface area contributed by atoms with Crippen molar-refractivity contribution in [3.05, 3.63) is 72.6 Å². The van der Waals surface area contributed by atoms with Crippen LogP contribution in [0.15, 0.2) is 65.6 Å². The number of aromatic nitrogens is 5. The van der Waals surface area contributed by atoms with Gasteiger partial charge < -0.3 is 14.6 Å². The van der Waals surface area contributed by atoms with Gasteiger partial charge >= 0.3 is 0 Å². The minimum Gasteiger partial charge on any atom is -0.497 e. The second kappa shape index (κ2) is 8.99. The van der Waals surface area contributed by atoms with Gasteiger partial charge in [-0.25, -0.2) is 4.68 Å². The molecule has 0 radical (unpaired) electrons. The van der Waals surface area contributed by atoms with Crippen molar-refractivity contribution in [2.75, 3.05) is 7.11 Å². The molecular weight excluding hydrogens is 384 g/mol. The number of carbonyl (C=O) groups is 1. The third-order valence-electron chi connectivity index (χ3n) is 4.42. The van der Waals surface area contributed by atoms with E-state index in [9.17, 15) is 4.79 Å². The Morgan fingerprint density at radius 1 is 1.13 bits per heavy atom. The van der Waals surface area contributed by atoms with Gasteiger partial charge in [0.25, 0.3) is 0 Å². The van der Waals surface area contributed by atoms with Gasteiger partial charge in [0.1, 0.15) is 5.75 Å². The van der Waals surface area contributed by atoms with Gasteiger partial charge in [0.2, 0.25) is 17.6 Å². The molecule has 0 bridgehead atoms. The number of rotatable bonds is 8. The highest BCUT2D eigenvalue weighted by atomic mass is 16.5. The molecule has 0 aliphatic heterocycles. The fourth-order valence-electron chi connectivity index (χ4n) is 2.81. The van der Waals surface area contributed by atoms with Gasteiger partial charge in [-0.3, -0.25) is 9.78 Å². The Balaban J connectivity index is 1.26. The third-order valence-corrected chi connectivity index (χ3v) is 4.42. The monoisotopic (exact) mass is 404 g/mol. The summed E-state index contributed by atoms with van der Waals surface area (Å²) in [7, 11) is 1.63. The minimum atomic E-state index is -0.113. The SMILES string of the molecule is COc1ccc(-n2ccc(CNC(=O)CCc3nc(-c4ccncc4)no3)n2)cc1. The number of ether oxygens (including phenoxy) is 1. The summed E-state index contributed by atoms with van der Waals surface area (Å²) >= 11 is 0. The molecule has 0 aliphatic rings. The van der Waals surface area contributed by atoms with E-state index in [4.69, 9.17) is 9.26 Å². The van der Waals surface area contributed by atoms with Crippen LogP contribution in [-0.4, -0.2) is 37.9 Å². The van der Waals surface area contributed by atoms with Crippen LogP contribution in [0.5, 0.6) is 5.75 Å². The third kappa shape index (κ3) is 4.69. The van der Waals surface area contributed by atoms with E-state index in [1.807, 2.05) is 36.5 Å². The van der Waals surface area contributed by atoms with Gasteiger partial charge in [-0.15, -0.1) is 0 Å². The molecule has 0 unspecified atom stereocenters. The number of pyridine rings is 1. The zero-order valence-electron chi connectivity index (χ0n) is 16.4. The van der Waals surface area contributed by atoms with E-state index in [-0.39, 0.29) is 12.3 Å². The fourth-order valence-corrected chi connectivity index (χ4v) is 2.81. The van der Waals surface area contributed by atoms with Crippen LogP contribution in [-0.2, 0) is 17.8 Å². The van der Waals surface area contributed by atoms with E-state index in [1.165, 1.54) is 0 Å². The first-order valence-electron chi connectivity index (χ1n) is 9.40. The van der Waals surface area contributed by atoms with Crippen LogP contribution in [0.25, 0.3) is 17.1 Å². The highest BCUT2D eigenvalue weighted by Gasteiger charge is 2.11. The van der Waals surface area contributed by atoms with Crippen molar-refractivity contribution in [2.24, 2.45) is 0 Å². The van der Waals surface area contributed by atoms with Crippen LogP contribution in [0, 0.1) is 0 Å². The number of carbonyl (C=O) groups excluding carboxylic acids is 1. The Bertz CT molecular complexity index is 1110. The van der Waals surface area contributed by atoms with Crippen LogP contribution in [0.4, 0.5) is 0 Å². The quantitative estimate of drug-likeness (QED) is 0.481. The highest BCUT2D eigenvalue weighted by Crippen LogP contribution is 2.15. The molecule has 9 nitrogen and oxygen atoms in total. The van der Waals surface area contributed by atoms with E-state index in [0.717, 1.165) is 22.7 Å². The smallest absolute Gasteiger partial charge is 0.227 e. The van der Waals surface area contributed by atoms with Gasteiger partial charge in [-0.05, 0) is 42.5 Å². The Labute approximate surface area is 172 Å². The van der Waals surface area contributed by atoms with E-state index in [1.54, 1.807) is 36.3 Å². The van der Waals surface area contributed by atoms with Crippen LogP contribution in [0.1, 0.15) is 18.0 Å². The van der Waals surface area contributed by atoms with Gasteiger partial charge in [0, 0.05) is 37.0 Å². The summed E-state index contributed by atoms with van der Waals surface area (Å²) in [6.45, 7) is 0.341. The molecule has 152 valence electrons. The second-order valence-electron chi connectivity index (χ2n) is 6.47. The van der Waals surface area contributed by atoms with Crippen LogP contribution >= 0.6 is 0 Å². The van der Waals surface area contributed by atoms with Gasteiger partial charge in [-0.2, -0.15) is 10.1 Å². The number of methoxy groups -OCH3 is 1. The highest BCUT2D eigenvalue weighted by molar-refractivity contribution is 5.76. The Kier molecular flexibility index (Phi) is 5.79. The lowest BCUT2D eigenvalue weighted by Crippen LogP contribution is -2.23. The summed E-state index contributed by atoms with van der Waals surface area (Å²) in [5.41, 5.74) is 2.49. The number of nitrogens with zero attached hydrogens (tertiary/aromatic N) is 5. The maximum atomic E-state index is 12.2. The summed E-state index contributed by atoms with van der Waals surface area (Å²) in [6.07, 6.45) is 5.79. The molecule has 4 aromatic rings. The fraction of sp³-hybridized carbons (Fsp3) is 0.190. The van der Waals surface area contributed by atoms with Crippen molar-refractivity contribution in [1.29, 1.82) is 0 Å². The molecule has 1 amide bonds. The summed E-state index contributed by atoms with van der Waals surface area (Å²) in [5.74, 6) is 1.57. The van der Waals surface area contributed by atoms with Gasteiger partial charge in [-0.1, -0.05) is 5.16 Å². The number of hydrogen-bond acceptors (Lipinski definition) is 7. The lowest BCUT2D eigenvalue weighted by molar-refractivity contribution is -0.121. The number of aryl methyl sites for hydroxylation is 1. The van der Waals surface area contributed by atoms with Crippen LogP contribution in [0.2, 0.25) is 0 Å². The lowest BCUT2D eigenvalue weighted by atomic mass is 10.2. The Hall–Kier alpha value is -4.01. The minimum absolute atomic E-state index is 0.113. The molecule has 3 aromatic heterocycles. The molecule has 30 heavy (non-hydrogen) atoms. The molecule has 0 fully saturated rings. The number of nitrogens with one attached hydrogen (secondary N) is 1. The van der Waals surface area contributed by atoms with Crippen molar-refractivity contribution in [1.82, 2.24) is 30.2 Å². The Morgan fingerprint density at radius 3 is 2.70 bits per heavy atom. The maximum Gasteiger partial charge on any atom is 0.227 e. The standard InChI is InChI=1S/C21H20N6O3/c1-29-18-4-2-17(3-5-18)27-13-10-16(25-27)14-23-19(28)6-7-20-24-21(26-30-20)15-8-11-22-12-9-15/h2-5,8-13H,6-7,14H2,1H3,(H,23,28). The molecule has 0 saturated heterocycles. The van der Waals surface area contributed by atoms with E-state index >= 15 is 0 Å².